The SMILES string of the molecule is COc1ccc(CCCN)cc1COc1ccc([N+](=O)[O-])cc1. The van der Waals surface area contributed by atoms with Crippen LogP contribution in [-0.2, 0) is 13.0 Å². The van der Waals surface area contributed by atoms with E-state index >= 15 is 0 Å². The van der Waals surface area contributed by atoms with E-state index < -0.39 is 4.92 Å². The molecule has 2 aromatic rings. The predicted octanol–water partition coefficient (Wildman–Crippen LogP) is 3.07. The summed E-state index contributed by atoms with van der Waals surface area (Å²) in [5.74, 6) is 1.33. The Hall–Kier alpha value is -2.60. The molecule has 0 saturated carbocycles. The highest BCUT2D eigenvalue weighted by atomic mass is 16.6. The quantitative estimate of drug-likeness (QED) is 0.597. The molecule has 0 saturated heterocycles. The average Bonchev–Trinajstić information content (AvgIpc) is 2.58. The number of nitro groups is 1. The van der Waals surface area contributed by atoms with E-state index in [2.05, 4.69) is 0 Å². The van der Waals surface area contributed by atoms with Crippen LogP contribution in [0.3, 0.4) is 0 Å². The Morgan fingerprint density at radius 3 is 2.52 bits per heavy atom. The standard InChI is InChI=1S/C17H20N2O4/c1-22-17-9-4-13(3-2-10-18)11-14(17)12-23-16-7-5-15(6-8-16)19(20)21/h4-9,11H,2-3,10,12,18H2,1H3. The van der Waals surface area contributed by atoms with Crippen LogP contribution < -0.4 is 15.2 Å². The zero-order valence-corrected chi connectivity index (χ0v) is 13.0. The average molecular weight is 316 g/mol. The predicted molar refractivity (Wildman–Crippen MR) is 87.8 cm³/mol. The van der Waals surface area contributed by atoms with Gasteiger partial charge in [0.1, 0.15) is 18.1 Å². The van der Waals surface area contributed by atoms with Crippen molar-refractivity contribution in [1.29, 1.82) is 0 Å². The Bertz CT molecular complexity index is 656. The van der Waals surface area contributed by atoms with Crippen molar-refractivity contribution < 1.29 is 14.4 Å². The third kappa shape index (κ3) is 4.69. The summed E-state index contributed by atoms with van der Waals surface area (Å²) in [6.07, 6.45) is 1.83. The molecule has 122 valence electrons. The van der Waals surface area contributed by atoms with Crippen LogP contribution in [0.4, 0.5) is 5.69 Å². The smallest absolute Gasteiger partial charge is 0.269 e. The van der Waals surface area contributed by atoms with Crippen molar-refractivity contribution in [1.82, 2.24) is 0 Å². The lowest BCUT2D eigenvalue weighted by atomic mass is 10.1. The highest BCUT2D eigenvalue weighted by molar-refractivity contribution is 5.39. The van der Waals surface area contributed by atoms with E-state index in [1.807, 2.05) is 18.2 Å². The summed E-state index contributed by atoms with van der Waals surface area (Å²) < 4.78 is 11.1. The van der Waals surface area contributed by atoms with E-state index in [0.29, 0.717) is 18.9 Å². The molecular formula is C17H20N2O4. The number of non-ortho nitro benzene ring substituents is 1. The lowest BCUT2D eigenvalue weighted by Gasteiger charge is -2.12. The van der Waals surface area contributed by atoms with Gasteiger partial charge in [0.05, 0.1) is 12.0 Å². The maximum Gasteiger partial charge on any atom is 0.269 e. The molecule has 0 aromatic heterocycles. The number of nitro benzene ring substituents is 1. The normalized spacial score (nSPS) is 10.3. The second kappa shape index (κ2) is 8.14. The Morgan fingerprint density at radius 1 is 1.17 bits per heavy atom. The van der Waals surface area contributed by atoms with Crippen molar-refractivity contribution in [2.24, 2.45) is 5.73 Å². The summed E-state index contributed by atoms with van der Waals surface area (Å²) in [6, 6.07) is 12.0. The number of benzene rings is 2. The molecule has 0 aliphatic carbocycles. The molecule has 0 fully saturated rings. The fraction of sp³-hybridized carbons (Fsp3) is 0.294. The number of hydrogen-bond donors (Lipinski definition) is 1. The van der Waals surface area contributed by atoms with Crippen molar-refractivity contribution in [2.75, 3.05) is 13.7 Å². The molecule has 0 bridgehead atoms. The van der Waals surface area contributed by atoms with Crippen LogP contribution in [0.5, 0.6) is 11.5 Å². The van der Waals surface area contributed by atoms with Gasteiger partial charge in [-0.05, 0) is 49.2 Å². The Kier molecular flexibility index (Phi) is 5.94. The minimum Gasteiger partial charge on any atom is -0.496 e. The van der Waals surface area contributed by atoms with Gasteiger partial charge in [0.2, 0.25) is 0 Å². The second-order valence-electron chi connectivity index (χ2n) is 5.08. The molecule has 2 rings (SSSR count). The molecular weight excluding hydrogens is 296 g/mol. The van der Waals surface area contributed by atoms with E-state index in [1.54, 1.807) is 19.2 Å². The lowest BCUT2D eigenvalue weighted by molar-refractivity contribution is -0.384. The molecule has 0 radical (unpaired) electrons. The van der Waals surface area contributed by atoms with Gasteiger partial charge in [-0.15, -0.1) is 0 Å². The monoisotopic (exact) mass is 316 g/mol. The van der Waals surface area contributed by atoms with Crippen LogP contribution in [0.1, 0.15) is 17.5 Å². The zero-order valence-electron chi connectivity index (χ0n) is 13.0. The van der Waals surface area contributed by atoms with Crippen LogP contribution in [0.25, 0.3) is 0 Å². The molecule has 6 nitrogen and oxygen atoms in total. The largest absolute Gasteiger partial charge is 0.496 e. The number of nitrogens with two attached hydrogens (primary N) is 1. The molecule has 2 N–H and O–H groups in total. The van der Waals surface area contributed by atoms with Gasteiger partial charge < -0.3 is 15.2 Å². The molecule has 23 heavy (non-hydrogen) atoms. The summed E-state index contributed by atoms with van der Waals surface area (Å²) in [7, 11) is 1.62. The maximum atomic E-state index is 10.6. The number of hydrogen-bond acceptors (Lipinski definition) is 5. The number of rotatable bonds is 8. The molecule has 0 aliphatic heterocycles. The van der Waals surface area contributed by atoms with E-state index in [-0.39, 0.29) is 5.69 Å². The van der Waals surface area contributed by atoms with Crippen molar-refractivity contribution in [3.05, 3.63) is 63.7 Å². The van der Waals surface area contributed by atoms with Gasteiger partial charge in [0.15, 0.2) is 0 Å². The topological polar surface area (TPSA) is 87.6 Å². The van der Waals surface area contributed by atoms with Crippen LogP contribution in [-0.4, -0.2) is 18.6 Å². The number of ether oxygens (including phenoxy) is 2. The Balaban J connectivity index is 2.07. The highest BCUT2D eigenvalue weighted by Crippen LogP contribution is 2.24. The Labute approximate surface area is 135 Å². The molecule has 6 heteroatoms. The molecule has 0 unspecified atom stereocenters. The molecule has 0 aliphatic rings. The first kappa shape index (κ1) is 16.8. The van der Waals surface area contributed by atoms with Crippen molar-refractivity contribution >= 4 is 5.69 Å². The van der Waals surface area contributed by atoms with Crippen LogP contribution in [0.15, 0.2) is 42.5 Å². The molecule has 0 spiro atoms. The first-order chi connectivity index (χ1) is 11.1. The number of nitrogens with zero attached hydrogens (tertiary/aromatic N) is 1. The van der Waals surface area contributed by atoms with Gasteiger partial charge in [-0.1, -0.05) is 6.07 Å². The third-order valence-electron chi connectivity index (χ3n) is 3.46. The van der Waals surface area contributed by atoms with Gasteiger partial charge >= 0.3 is 0 Å². The fourth-order valence-corrected chi connectivity index (χ4v) is 2.23. The van der Waals surface area contributed by atoms with Crippen LogP contribution >= 0.6 is 0 Å². The third-order valence-corrected chi connectivity index (χ3v) is 3.46. The van der Waals surface area contributed by atoms with Crippen molar-refractivity contribution in [3.63, 3.8) is 0 Å². The minimum atomic E-state index is -0.437. The minimum absolute atomic E-state index is 0.0405. The molecule has 2 aromatic carbocycles. The van der Waals surface area contributed by atoms with Crippen molar-refractivity contribution in [2.45, 2.75) is 19.4 Å². The molecule has 0 atom stereocenters. The molecule has 0 heterocycles. The van der Waals surface area contributed by atoms with E-state index in [9.17, 15) is 10.1 Å². The number of aryl methyl sites for hydroxylation is 1. The summed E-state index contributed by atoms with van der Waals surface area (Å²) in [5.41, 5.74) is 7.69. The zero-order chi connectivity index (χ0) is 16.7. The number of methoxy groups -OCH3 is 1. The van der Waals surface area contributed by atoms with Crippen molar-refractivity contribution in [3.8, 4) is 11.5 Å². The summed E-state index contributed by atoms with van der Waals surface area (Å²) in [4.78, 5) is 10.2. The van der Waals surface area contributed by atoms with Gasteiger partial charge in [0, 0.05) is 17.7 Å². The first-order valence-electron chi connectivity index (χ1n) is 7.37. The summed E-state index contributed by atoms with van der Waals surface area (Å²) in [6.45, 7) is 0.984. The first-order valence-corrected chi connectivity index (χ1v) is 7.37. The summed E-state index contributed by atoms with van der Waals surface area (Å²) in [5, 5.41) is 10.6. The van der Waals surface area contributed by atoms with Gasteiger partial charge in [-0.3, -0.25) is 10.1 Å². The highest BCUT2D eigenvalue weighted by Gasteiger charge is 2.08. The van der Waals surface area contributed by atoms with E-state index in [4.69, 9.17) is 15.2 Å². The maximum absolute atomic E-state index is 10.6. The van der Waals surface area contributed by atoms with E-state index in [0.717, 1.165) is 24.2 Å². The van der Waals surface area contributed by atoms with Crippen LogP contribution in [0, 0.1) is 10.1 Å². The van der Waals surface area contributed by atoms with Gasteiger partial charge in [-0.2, -0.15) is 0 Å². The Morgan fingerprint density at radius 2 is 1.91 bits per heavy atom. The lowest BCUT2D eigenvalue weighted by Crippen LogP contribution is -2.03. The molecule has 0 amide bonds. The van der Waals surface area contributed by atoms with E-state index in [1.165, 1.54) is 17.7 Å². The fourth-order valence-electron chi connectivity index (χ4n) is 2.23. The summed E-state index contributed by atoms with van der Waals surface area (Å²) >= 11 is 0. The second-order valence-corrected chi connectivity index (χ2v) is 5.08. The van der Waals surface area contributed by atoms with Crippen LogP contribution in [0.2, 0.25) is 0 Å². The van der Waals surface area contributed by atoms with Gasteiger partial charge in [-0.25, -0.2) is 0 Å². The van der Waals surface area contributed by atoms with Gasteiger partial charge in [0.25, 0.3) is 5.69 Å².